The SMILES string of the molecule is O=S(=O)(c1ccc(N=Nc2cc(Cl)cc(Cl)c2O)cc1)N1CCOCC1. The van der Waals surface area contributed by atoms with Crippen LogP contribution in [0.25, 0.3) is 0 Å². The van der Waals surface area contributed by atoms with E-state index in [4.69, 9.17) is 27.9 Å². The molecule has 1 aliphatic heterocycles. The average molecular weight is 416 g/mol. The molecule has 1 saturated heterocycles. The Labute approximate surface area is 160 Å². The van der Waals surface area contributed by atoms with Gasteiger partial charge in [0.25, 0.3) is 0 Å². The highest BCUT2D eigenvalue weighted by Crippen LogP contribution is 2.37. The lowest BCUT2D eigenvalue weighted by Gasteiger charge is -2.25. The van der Waals surface area contributed by atoms with Crippen molar-refractivity contribution in [2.75, 3.05) is 26.3 Å². The van der Waals surface area contributed by atoms with Crippen LogP contribution in [-0.4, -0.2) is 44.1 Å². The molecule has 1 aliphatic rings. The normalized spacial score (nSPS) is 16.2. The van der Waals surface area contributed by atoms with Gasteiger partial charge in [0, 0.05) is 18.1 Å². The van der Waals surface area contributed by atoms with Crippen molar-refractivity contribution >= 4 is 44.6 Å². The molecule has 0 bridgehead atoms. The zero-order valence-corrected chi connectivity index (χ0v) is 15.8. The Morgan fingerprint density at radius 1 is 1.04 bits per heavy atom. The number of halogens is 2. The second kappa shape index (κ2) is 7.89. The van der Waals surface area contributed by atoms with Crippen LogP contribution in [-0.2, 0) is 14.8 Å². The Bertz CT molecular complexity index is 927. The molecule has 1 N–H and O–H groups in total. The molecule has 0 radical (unpaired) electrons. The van der Waals surface area contributed by atoms with Crippen molar-refractivity contribution in [3.8, 4) is 5.75 Å². The van der Waals surface area contributed by atoms with E-state index in [1.165, 1.54) is 40.7 Å². The predicted molar refractivity (Wildman–Crippen MR) is 98.3 cm³/mol. The molecule has 138 valence electrons. The minimum atomic E-state index is -3.56. The number of sulfonamides is 1. The minimum absolute atomic E-state index is 0.0680. The number of hydrogen-bond acceptors (Lipinski definition) is 6. The first-order valence-electron chi connectivity index (χ1n) is 7.65. The van der Waals surface area contributed by atoms with Gasteiger partial charge in [0.05, 0.1) is 28.8 Å². The molecule has 2 aromatic rings. The van der Waals surface area contributed by atoms with Gasteiger partial charge in [0.15, 0.2) is 5.75 Å². The number of phenols is 1. The Kier molecular flexibility index (Phi) is 5.79. The van der Waals surface area contributed by atoms with E-state index in [0.29, 0.717) is 37.0 Å². The van der Waals surface area contributed by atoms with Crippen molar-refractivity contribution in [3.63, 3.8) is 0 Å². The van der Waals surface area contributed by atoms with Gasteiger partial charge in [-0.2, -0.15) is 9.42 Å². The second-order valence-corrected chi connectivity index (χ2v) is 8.25. The molecule has 0 spiro atoms. The third-order valence-electron chi connectivity index (χ3n) is 3.73. The number of phenolic OH excluding ortho intramolecular Hbond substituents is 1. The van der Waals surface area contributed by atoms with E-state index in [9.17, 15) is 13.5 Å². The topological polar surface area (TPSA) is 91.6 Å². The van der Waals surface area contributed by atoms with Gasteiger partial charge in [-0.05, 0) is 36.4 Å². The summed E-state index contributed by atoms with van der Waals surface area (Å²) in [4.78, 5) is 0.173. The Balaban J connectivity index is 1.80. The van der Waals surface area contributed by atoms with Gasteiger partial charge in [-0.25, -0.2) is 8.42 Å². The fourth-order valence-electron chi connectivity index (χ4n) is 2.36. The summed E-state index contributed by atoms with van der Waals surface area (Å²) < 4.78 is 31.7. The molecule has 1 heterocycles. The molecule has 0 aromatic heterocycles. The average Bonchev–Trinajstić information content (AvgIpc) is 2.64. The fraction of sp³-hybridized carbons (Fsp3) is 0.250. The monoisotopic (exact) mass is 415 g/mol. The first-order valence-corrected chi connectivity index (χ1v) is 9.85. The van der Waals surface area contributed by atoms with Crippen LogP contribution in [0.3, 0.4) is 0 Å². The van der Waals surface area contributed by atoms with Crippen molar-refractivity contribution in [2.24, 2.45) is 10.2 Å². The highest BCUT2D eigenvalue weighted by Gasteiger charge is 2.26. The maximum absolute atomic E-state index is 12.6. The third kappa shape index (κ3) is 4.16. The van der Waals surface area contributed by atoms with E-state index in [0.717, 1.165) is 0 Å². The van der Waals surface area contributed by atoms with Crippen molar-refractivity contribution in [1.82, 2.24) is 4.31 Å². The Hall–Kier alpha value is -1.71. The molecule has 26 heavy (non-hydrogen) atoms. The maximum atomic E-state index is 12.6. The van der Waals surface area contributed by atoms with Gasteiger partial charge >= 0.3 is 0 Å². The van der Waals surface area contributed by atoms with E-state index in [2.05, 4.69) is 10.2 Å². The van der Waals surface area contributed by atoms with Crippen LogP contribution < -0.4 is 0 Å². The molecule has 0 unspecified atom stereocenters. The van der Waals surface area contributed by atoms with Gasteiger partial charge in [-0.3, -0.25) is 0 Å². The molecule has 0 saturated carbocycles. The van der Waals surface area contributed by atoms with Gasteiger partial charge < -0.3 is 9.84 Å². The van der Waals surface area contributed by atoms with E-state index in [-0.39, 0.29) is 21.4 Å². The van der Waals surface area contributed by atoms with Crippen molar-refractivity contribution in [3.05, 3.63) is 46.4 Å². The first-order chi connectivity index (χ1) is 12.4. The summed E-state index contributed by atoms with van der Waals surface area (Å²) in [6.45, 7) is 1.44. The van der Waals surface area contributed by atoms with E-state index in [1.807, 2.05) is 0 Å². The highest BCUT2D eigenvalue weighted by atomic mass is 35.5. The van der Waals surface area contributed by atoms with E-state index < -0.39 is 10.0 Å². The summed E-state index contributed by atoms with van der Waals surface area (Å²) in [7, 11) is -3.56. The lowest BCUT2D eigenvalue weighted by molar-refractivity contribution is 0.0730. The number of ether oxygens (including phenoxy) is 1. The summed E-state index contributed by atoms with van der Waals surface area (Å²) in [5.41, 5.74) is 0.536. The maximum Gasteiger partial charge on any atom is 0.243 e. The van der Waals surface area contributed by atoms with Crippen LogP contribution in [0.4, 0.5) is 11.4 Å². The molecule has 7 nitrogen and oxygen atoms in total. The van der Waals surface area contributed by atoms with Gasteiger partial charge in [0.2, 0.25) is 10.0 Å². The smallest absolute Gasteiger partial charge is 0.243 e. The molecule has 2 aromatic carbocycles. The molecule has 0 atom stereocenters. The molecule has 1 fully saturated rings. The van der Waals surface area contributed by atoms with Crippen LogP contribution in [0.2, 0.25) is 10.0 Å². The minimum Gasteiger partial charge on any atom is -0.504 e. The highest BCUT2D eigenvalue weighted by molar-refractivity contribution is 7.89. The standard InChI is InChI=1S/C16H15Cl2N3O4S/c17-11-9-14(18)16(22)15(10-11)20-19-12-1-3-13(4-2-12)26(23,24)21-5-7-25-8-6-21/h1-4,9-10,22H,5-8H2. The Morgan fingerprint density at radius 3 is 2.35 bits per heavy atom. The number of azo groups is 1. The largest absolute Gasteiger partial charge is 0.504 e. The summed E-state index contributed by atoms with van der Waals surface area (Å²) >= 11 is 11.7. The van der Waals surface area contributed by atoms with Crippen LogP contribution in [0.5, 0.6) is 5.75 Å². The molecule has 10 heteroatoms. The second-order valence-electron chi connectivity index (χ2n) is 5.47. The number of aromatic hydroxyl groups is 1. The van der Waals surface area contributed by atoms with Gasteiger partial charge in [-0.15, -0.1) is 5.11 Å². The lowest BCUT2D eigenvalue weighted by Crippen LogP contribution is -2.40. The van der Waals surface area contributed by atoms with E-state index in [1.54, 1.807) is 0 Å². The van der Waals surface area contributed by atoms with Crippen LogP contribution >= 0.6 is 23.2 Å². The van der Waals surface area contributed by atoms with Crippen LogP contribution in [0.1, 0.15) is 0 Å². The zero-order valence-electron chi connectivity index (χ0n) is 13.5. The molecular formula is C16H15Cl2N3O4S. The number of benzene rings is 2. The van der Waals surface area contributed by atoms with Crippen molar-refractivity contribution < 1.29 is 18.3 Å². The summed E-state index contributed by atoms with van der Waals surface area (Å²) in [6.07, 6.45) is 0. The molecule has 3 rings (SSSR count). The summed E-state index contributed by atoms with van der Waals surface area (Å²) in [5.74, 6) is -0.230. The third-order valence-corrected chi connectivity index (χ3v) is 6.15. The lowest BCUT2D eigenvalue weighted by atomic mass is 10.3. The summed E-state index contributed by atoms with van der Waals surface area (Å²) in [6, 6.07) is 8.79. The van der Waals surface area contributed by atoms with Gasteiger partial charge in [-0.1, -0.05) is 23.2 Å². The number of rotatable bonds is 4. The fourth-order valence-corrected chi connectivity index (χ4v) is 4.25. The molecular weight excluding hydrogens is 401 g/mol. The Morgan fingerprint density at radius 2 is 1.69 bits per heavy atom. The number of morpholine rings is 1. The van der Waals surface area contributed by atoms with Gasteiger partial charge in [0.1, 0.15) is 5.69 Å². The quantitative estimate of drug-likeness (QED) is 0.759. The molecule has 0 aliphatic carbocycles. The predicted octanol–water partition coefficient (Wildman–Crippen LogP) is 4.14. The van der Waals surface area contributed by atoms with Crippen molar-refractivity contribution in [1.29, 1.82) is 0 Å². The van der Waals surface area contributed by atoms with Crippen LogP contribution in [0.15, 0.2) is 51.5 Å². The van der Waals surface area contributed by atoms with Crippen molar-refractivity contribution in [2.45, 2.75) is 4.90 Å². The number of hydrogen-bond donors (Lipinski definition) is 1. The number of nitrogens with zero attached hydrogens (tertiary/aromatic N) is 3. The first kappa shape index (κ1) is 19.1. The van der Waals surface area contributed by atoms with Crippen LogP contribution in [0, 0.1) is 0 Å². The molecule has 0 amide bonds. The van der Waals surface area contributed by atoms with E-state index >= 15 is 0 Å². The zero-order chi connectivity index (χ0) is 18.7. The summed E-state index contributed by atoms with van der Waals surface area (Å²) in [5, 5.41) is 18.1.